The van der Waals surface area contributed by atoms with E-state index in [4.69, 9.17) is 9.47 Å². The smallest absolute Gasteiger partial charge is 0.251 e. The van der Waals surface area contributed by atoms with E-state index < -0.39 is 0 Å². The molecule has 0 radical (unpaired) electrons. The average molecular weight is 343 g/mol. The maximum absolute atomic E-state index is 12.6. The Balaban J connectivity index is 1.67. The summed E-state index contributed by atoms with van der Waals surface area (Å²) in [4.78, 5) is 20.1. The number of H-pyrrole nitrogens is 1. The van der Waals surface area contributed by atoms with Crippen molar-refractivity contribution in [2.75, 3.05) is 19.8 Å². The van der Waals surface area contributed by atoms with E-state index in [1.807, 2.05) is 39.0 Å². The molecule has 2 N–H and O–H groups in total. The summed E-state index contributed by atoms with van der Waals surface area (Å²) >= 11 is 0. The molecule has 2 aromatic rings. The van der Waals surface area contributed by atoms with Crippen molar-refractivity contribution in [1.82, 2.24) is 15.3 Å². The number of aromatic nitrogens is 2. The lowest BCUT2D eigenvalue weighted by Gasteiger charge is -2.31. The number of benzene rings is 1. The van der Waals surface area contributed by atoms with E-state index >= 15 is 0 Å². The number of hydrogen-bond donors (Lipinski definition) is 2. The Morgan fingerprint density at radius 2 is 2.32 bits per heavy atom. The lowest BCUT2D eigenvalue weighted by molar-refractivity contribution is -0.0457. The van der Waals surface area contributed by atoms with Gasteiger partial charge in [-0.1, -0.05) is 11.6 Å². The Bertz CT molecular complexity index is 777. The Hall–Kier alpha value is -2.18. The summed E-state index contributed by atoms with van der Waals surface area (Å²) < 4.78 is 11.5. The number of carbonyl (C=O) groups is 1. The van der Waals surface area contributed by atoms with Crippen LogP contribution in [0.1, 0.15) is 36.5 Å². The standard InChI is InChI=1S/C19H25N3O3/c1-12(2)6-9-25-18-7-8-24-11-17(18)22-19(23)14-4-5-15-16(10-14)21-13(3)20-15/h4-6,10,17-18H,7-9,11H2,1-3H3,(H,20,21)(H,22,23)/t17-,18+/m1/s1. The van der Waals surface area contributed by atoms with Gasteiger partial charge >= 0.3 is 0 Å². The van der Waals surface area contributed by atoms with Gasteiger partial charge in [-0.15, -0.1) is 0 Å². The molecule has 1 amide bonds. The summed E-state index contributed by atoms with van der Waals surface area (Å²) in [5.41, 5.74) is 3.54. The van der Waals surface area contributed by atoms with Gasteiger partial charge in [0.05, 0.1) is 36.4 Å². The number of aromatic amines is 1. The maximum atomic E-state index is 12.6. The van der Waals surface area contributed by atoms with Gasteiger partial charge < -0.3 is 19.8 Å². The van der Waals surface area contributed by atoms with E-state index in [1.165, 1.54) is 5.57 Å². The fourth-order valence-electron chi connectivity index (χ4n) is 2.92. The van der Waals surface area contributed by atoms with Crippen LogP contribution in [-0.4, -0.2) is 47.8 Å². The molecule has 2 heterocycles. The zero-order valence-corrected chi connectivity index (χ0v) is 15.0. The number of ether oxygens (including phenoxy) is 2. The van der Waals surface area contributed by atoms with Crippen LogP contribution in [-0.2, 0) is 9.47 Å². The lowest BCUT2D eigenvalue weighted by Crippen LogP contribution is -2.50. The van der Waals surface area contributed by atoms with Gasteiger partial charge in [-0.05, 0) is 45.4 Å². The summed E-state index contributed by atoms with van der Waals surface area (Å²) in [6.45, 7) is 7.66. The van der Waals surface area contributed by atoms with Crippen molar-refractivity contribution in [2.24, 2.45) is 0 Å². The summed E-state index contributed by atoms with van der Waals surface area (Å²) in [7, 11) is 0. The molecule has 0 unspecified atom stereocenters. The molecule has 1 aliphatic heterocycles. The largest absolute Gasteiger partial charge is 0.379 e. The second-order valence-electron chi connectivity index (χ2n) is 6.65. The Morgan fingerprint density at radius 1 is 1.48 bits per heavy atom. The molecule has 134 valence electrons. The van der Waals surface area contributed by atoms with Gasteiger partial charge in [-0.3, -0.25) is 4.79 Å². The van der Waals surface area contributed by atoms with Crippen molar-refractivity contribution in [3.8, 4) is 0 Å². The fourth-order valence-corrected chi connectivity index (χ4v) is 2.92. The highest BCUT2D eigenvalue weighted by Gasteiger charge is 2.28. The van der Waals surface area contributed by atoms with E-state index in [2.05, 4.69) is 15.3 Å². The van der Waals surface area contributed by atoms with Crippen LogP contribution in [0, 0.1) is 6.92 Å². The van der Waals surface area contributed by atoms with Crippen molar-refractivity contribution < 1.29 is 14.3 Å². The third-order valence-corrected chi connectivity index (χ3v) is 4.27. The molecule has 25 heavy (non-hydrogen) atoms. The second kappa shape index (κ2) is 7.80. The van der Waals surface area contributed by atoms with Crippen LogP contribution in [0.25, 0.3) is 11.0 Å². The maximum Gasteiger partial charge on any atom is 0.251 e. The molecule has 3 rings (SSSR count). The number of hydrogen-bond acceptors (Lipinski definition) is 4. The minimum absolute atomic E-state index is 0.0357. The van der Waals surface area contributed by atoms with E-state index in [-0.39, 0.29) is 18.1 Å². The van der Waals surface area contributed by atoms with Gasteiger partial charge in [0.25, 0.3) is 5.91 Å². The summed E-state index contributed by atoms with van der Waals surface area (Å²) in [5, 5.41) is 3.05. The van der Waals surface area contributed by atoms with Gasteiger partial charge in [0.15, 0.2) is 0 Å². The van der Waals surface area contributed by atoms with Gasteiger partial charge in [-0.2, -0.15) is 0 Å². The molecule has 6 nitrogen and oxygen atoms in total. The molecular weight excluding hydrogens is 318 g/mol. The van der Waals surface area contributed by atoms with Crippen molar-refractivity contribution >= 4 is 16.9 Å². The van der Waals surface area contributed by atoms with E-state index in [0.29, 0.717) is 25.4 Å². The van der Waals surface area contributed by atoms with Gasteiger partial charge in [0, 0.05) is 12.2 Å². The summed E-state index contributed by atoms with van der Waals surface area (Å²) in [5.74, 6) is 0.710. The molecule has 0 bridgehead atoms. The molecule has 1 aromatic carbocycles. The summed E-state index contributed by atoms with van der Waals surface area (Å²) in [6, 6.07) is 5.33. The number of rotatable bonds is 5. The zero-order chi connectivity index (χ0) is 17.8. The van der Waals surface area contributed by atoms with Crippen LogP contribution in [0.4, 0.5) is 0 Å². The fraction of sp³-hybridized carbons (Fsp3) is 0.474. The number of aryl methyl sites for hydroxylation is 1. The predicted octanol–water partition coefficient (Wildman–Crippen LogP) is 2.74. The first-order chi connectivity index (χ1) is 12.0. The second-order valence-corrected chi connectivity index (χ2v) is 6.65. The number of fused-ring (bicyclic) bond motifs is 1. The number of allylic oxidation sites excluding steroid dienone is 1. The molecular formula is C19H25N3O3. The predicted molar refractivity (Wildman–Crippen MR) is 96.7 cm³/mol. The summed E-state index contributed by atoms with van der Waals surface area (Å²) in [6.07, 6.45) is 2.79. The van der Waals surface area contributed by atoms with Crippen LogP contribution < -0.4 is 5.32 Å². The first-order valence-electron chi connectivity index (χ1n) is 8.63. The molecule has 0 saturated carbocycles. The third kappa shape index (κ3) is 4.46. The van der Waals surface area contributed by atoms with Crippen LogP contribution in [0.3, 0.4) is 0 Å². The van der Waals surface area contributed by atoms with Crippen LogP contribution >= 0.6 is 0 Å². The Morgan fingerprint density at radius 3 is 3.12 bits per heavy atom. The van der Waals surface area contributed by atoms with Gasteiger partial charge in [-0.25, -0.2) is 4.98 Å². The number of carbonyl (C=O) groups excluding carboxylic acids is 1. The Labute approximate surface area is 147 Å². The molecule has 1 aromatic heterocycles. The van der Waals surface area contributed by atoms with Gasteiger partial charge in [0.1, 0.15) is 5.82 Å². The first kappa shape index (κ1) is 17.6. The molecule has 1 aliphatic rings. The quantitative estimate of drug-likeness (QED) is 0.819. The number of imidazole rings is 1. The molecule has 2 atom stereocenters. The van der Waals surface area contributed by atoms with Crippen LogP contribution in [0.15, 0.2) is 29.8 Å². The number of nitrogens with one attached hydrogen (secondary N) is 2. The van der Waals surface area contributed by atoms with Crippen molar-refractivity contribution in [3.05, 3.63) is 41.2 Å². The monoisotopic (exact) mass is 343 g/mol. The normalized spacial score (nSPS) is 20.4. The zero-order valence-electron chi connectivity index (χ0n) is 15.0. The molecule has 0 spiro atoms. The average Bonchev–Trinajstić information content (AvgIpc) is 2.95. The highest BCUT2D eigenvalue weighted by atomic mass is 16.5. The van der Waals surface area contributed by atoms with E-state index in [1.54, 1.807) is 6.07 Å². The molecule has 1 fully saturated rings. The lowest BCUT2D eigenvalue weighted by atomic mass is 10.1. The minimum Gasteiger partial charge on any atom is -0.379 e. The van der Waals surface area contributed by atoms with Gasteiger partial charge in [0.2, 0.25) is 0 Å². The molecule has 6 heteroatoms. The minimum atomic E-state index is -0.147. The highest BCUT2D eigenvalue weighted by Crippen LogP contribution is 2.16. The van der Waals surface area contributed by atoms with Crippen molar-refractivity contribution in [1.29, 1.82) is 0 Å². The van der Waals surface area contributed by atoms with Crippen molar-refractivity contribution in [2.45, 2.75) is 39.3 Å². The van der Waals surface area contributed by atoms with E-state index in [9.17, 15) is 4.79 Å². The van der Waals surface area contributed by atoms with Crippen molar-refractivity contribution in [3.63, 3.8) is 0 Å². The Kier molecular flexibility index (Phi) is 5.50. The third-order valence-electron chi connectivity index (χ3n) is 4.27. The van der Waals surface area contributed by atoms with Crippen LogP contribution in [0.2, 0.25) is 0 Å². The van der Waals surface area contributed by atoms with E-state index in [0.717, 1.165) is 23.3 Å². The van der Waals surface area contributed by atoms with Crippen LogP contribution in [0.5, 0.6) is 0 Å². The number of amides is 1. The molecule has 0 aliphatic carbocycles. The molecule has 1 saturated heterocycles. The topological polar surface area (TPSA) is 76.2 Å². The SMILES string of the molecule is CC(C)=CCO[C@H]1CCOC[C@H]1NC(=O)c1ccc2nc(C)[nH]c2c1. The number of nitrogens with zero attached hydrogens (tertiary/aromatic N) is 1. The highest BCUT2D eigenvalue weighted by molar-refractivity contribution is 5.97. The first-order valence-corrected chi connectivity index (χ1v) is 8.63.